The Hall–Kier alpha value is -4.16. The quantitative estimate of drug-likeness (QED) is 0.462. The molecule has 0 bridgehead atoms. The van der Waals surface area contributed by atoms with Gasteiger partial charge in [0.05, 0.1) is 24.6 Å². The van der Waals surface area contributed by atoms with E-state index in [-0.39, 0.29) is 17.4 Å². The van der Waals surface area contributed by atoms with Crippen molar-refractivity contribution in [2.75, 3.05) is 25.1 Å². The van der Waals surface area contributed by atoms with Gasteiger partial charge in [-0.15, -0.1) is 0 Å². The highest BCUT2D eigenvalue weighted by molar-refractivity contribution is 6.06. The number of benzene rings is 2. The lowest BCUT2D eigenvalue weighted by molar-refractivity contribution is 0.373. The lowest BCUT2D eigenvalue weighted by atomic mass is 9.95. The molecule has 0 spiro atoms. The largest absolute Gasteiger partial charge is 0.504 e. The molecule has 1 aliphatic rings. The summed E-state index contributed by atoms with van der Waals surface area (Å²) in [6.07, 6.45) is 3.45. The smallest absolute Gasteiger partial charge is 0.160 e. The Bertz CT molecular complexity index is 1470. The molecule has 0 amide bonds. The Morgan fingerprint density at radius 1 is 1.17 bits per heavy atom. The molecule has 35 heavy (non-hydrogen) atoms. The van der Waals surface area contributed by atoms with Crippen LogP contribution in [0.15, 0.2) is 42.6 Å². The Morgan fingerprint density at radius 3 is 2.57 bits per heavy atom. The van der Waals surface area contributed by atoms with Crippen LogP contribution in [0.3, 0.4) is 0 Å². The number of aryl methyl sites for hydroxylation is 1. The molecule has 3 heterocycles. The second-order valence-corrected chi connectivity index (χ2v) is 8.71. The maximum atomic E-state index is 14.7. The summed E-state index contributed by atoms with van der Waals surface area (Å²) < 4.78 is 21.7. The first-order chi connectivity index (χ1) is 16.9. The average molecular weight is 473 g/mol. The zero-order valence-corrected chi connectivity index (χ0v) is 19.5. The van der Waals surface area contributed by atoms with Crippen LogP contribution in [0.25, 0.3) is 33.3 Å². The highest BCUT2D eigenvalue weighted by Gasteiger charge is 2.26. The van der Waals surface area contributed by atoms with Crippen LogP contribution in [0.2, 0.25) is 0 Å². The van der Waals surface area contributed by atoms with E-state index in [0.29, 0.717) is 28.1 Å². The maximum Gasteiger partial charge on any atom is 0.160 e. The van der Waals surface area contributed by atoms with Gasteiger partial charge in [0.1, 0.15) is 17.4 Å². The molecular formula is C26H25FN6O2. The topological polar surface area (TPSA) is 113 Å². The number of pyridine rings is 1. The van der Waals surface area contributed by atoms with Gasteiger partial charge in [0.25, 0.3) is 0 Å². The summed E-state index contributed by atoms with van der Waals surface area (Å²) in [5.74, 6) is 0.449. The van der Waals surface area contributed by atoms with Crippen molar-refractivity contribution in [2.45, 2.75) is 18.9 Å². The Labute approximate surface area is 202 Å². The second-order valence-electron chi connectivity index (χ2n) is 8.71. The van der Waals surface area contributed by atoms with Crippen LogP contribution in [-0.2, 0) is 7.05 Å². The summed E-state index contributed by atoms with van der Waals surface area (Å²) in [5.41, 5.74) is 9.37. The normalized spacial score (nSPS) is 14.3. The van der Waals surface area contributed by atoms with E-state index in [1.165, 1.54) is 19.2 Å². The van der Waals surface area contributed by atoms with E-state index in [1.807, 2.05) is 19.2 Å². The number of nitriles is 1. The standard InChI is InChI=1S/C26H25FN6O2/c1-32-25-19(14-30-32)23(15-5-6-22(35-2)21(34)12-15)24(16-3-4-17(13-28)20(27)11-16)31-26(25)33-9-7-18(29)8-10-33/h3-6,11-12,14,18,34H,7-10,29H2,1-2H3. The minimum absolute atomic E-state index is 0.0203. The van der Waals surface area contributed by atoms with Crippen molar-refractivity contribution in [3.8, 4) is 40.0 Å². The number of nitrogens with two attached hydrogens (primary N) is 1. The van der Waals surface area contributed by atoms with E-state index in [9.17, 15) is 14.8 Å². The summed E-state index contributed by atoms with van der Waals surface area (Å²) in [7, 11) is 3.35. The first-order valence-corrected chi connectivity index (χ1v) is 11.3. The number of hydrogen-bond acceptors (Lipinski definition) is 7. The minimum Gasteiger partial charge on any atom is -0.504 e. The van der Waals surface area contributed by atoms with Gasteiger partial charge in [0, 0.05) is 42.7 Å². The zero-order chi connectivity index (χ0) is 24.7. The van der Waals surface area contributed by atoms with Crippen molar-refractivity contribution in [1.29, 1.82) is 5.26 Å². The fourth-order valence-corrected chi connectivity index (χ4v) is 4.66. The number of fused-ring (bicyclic) bond motifs is 1. The van der Waals surface area contributed by atoms with E-state index >= 15 is 0 Å². The zero-order valence-electron chi connectivity index (χ0n) is 19.5. The van der Waals surface area contributed by atoms with E-state index in [2.05, 4.69) is 10.00 Å². The highest BCUT2D eigenvalue weighted by atomic mass is 19.1. The van der Waals surface area contributed by atoms with Crippen LogP contribution in [0.5, 0.6) is 11.5 Å². The predicted octanol–water partition coefficient (Wildman–Crippen LogP) is 3.95. The number of piperidine rings is 1. The number of phenolic OH excluding ortho intramolecular Hbond substituents is 1. The Morgan fingerprint density at radius 2 is 1.91 bits per heavy atom. The summed E-state index contributed by atoms with van der Waals surface area (Å²) in [6.45, 7) is 1.50. The molecular weight excluding hydrogens is 447 g/mol. The molecule has 0 aliphatic carbocycles. The van der Waals surface area contributed by atoms with Crippen LogP contribution in [-0.4, -0.2) is 46.1 Å². The van der Waals surface area contributed by atoms with Gasteiger partial charge in [0.2, 0.25) is 0 Å². The molecule has 1 saturated heterocycles. The molecule has 2 aromatic carbocycles. The lowest BCUT2D eigenvalue weighted by Gasteiger charge is -2.32. The number of phenols is 1. The Balaban J connectivity index is 1.81. The molecule has 1 fully saturated rings. The van der Waals surface area contributed by atoms with E-state index < -0.39 is 5.82 Å². The van der Waals surface area contributed by atoms with Crippen LogP contribution >= 0.6 is 0 Å². The van der Waals surface area contributed by atoms with Crippen molar-refractivity contribution in [3.05, 3.63) is 54.0 Å². The van der Waals surface area contributed by atoms with Gasteiger partial charge in [-0.2, -0.15) is 10.4 Å². The van der Waals surface area contributed by atoms with Gasteiger partial charge >= 0.3 is 0 Å². The molecule has 1 aliphatic heterocycles. The van der Waals surface area contributed by atoms with E-state index in [0.717, 1.165) is 42.7 Å². The Kier molecular flexibility index (Phi) is 5.75. The first-order valence-electron chi connectivity index (χ1n) is 11.3. The van der Waals surface area contributed by atoms with Crippen molar-refractivity contribution >= 4 is 16.7 Å². The fourth-order valence-electron chi connectivity index (χ4n) is 4.66. The number of nitrogens with zero attached hydrogens (tertiary/aromatic N) is 5. The van der Waals surface area contributed by atoms with Crippen LogP contribution in [0.4, 0.5) is 10.2 Å². The van der Waals surface area contributed by atoms with E-state index in [4.69, 9.17) is 15.5 Å². The third-order valence-corrected chi connectivity index (χ3v) is 6.54. The number of hydrogen-bond donors (Lipinski definition) is 2. The molecule has 3 N–H and O–H groups in total. The van der Waals surface area contributed by atoms with Crippen molar-refractivity contribution < 1.29 is 14.2 Å². The number of ether oxygens (including phenoxy) is 1. The van der Waals surface area contributed by atoms with Gasteiger partial charge in [-0.25, -0.2) is 9.37 Å². The molecule has 4 aromatic rings. The van der Waals surface area contributed by atoms with Crippen LogP contribution in [0, 0.1) is 17.1 Å². The number of anilines is 1. The molecule has 8 nitrogen and oxygen atoms in total. The molecule has 178 valence electrons. The van der Waals surface area contributed by atoms with Crippen molar-refractivity contribution in [1.82, 2.24) is 14.8 Å². The number of aromatic nitrogens is 3. The number of rotatable bonds is 4. The van der Waals surface area contributed by atoms with Crippen molar-refractivity contribution in [3.63, 3.8) is 0 Å². The summed E-state index contributed by atoms with van der Waals surface area (Å²) in [4.78, 5) is 7.25. The molecule has 5 rings (SSSR count). The first kappa shape index (κ1) is 22.6. The van der Waals surface area contributed by atoms with Gasteiger partial charge in [-0.1, -0.05) is 12.1 Å². The van der Waals surface area contributed by atoms with Gasteiger partial charge in [-0.3, -0.25) is 4.68 Å². The summed E-state index contributed by atoms with van der Waals surface area (Å²) in [5, 5.41) is 25.0. The lowest BCUT2D eigenvalue weighted by Crippen LogP contribution is -2.40. The fraction of sp³-hybridized carbons (Fsp3) is 0.269. The molecule has 0 unspecified atom stereocenters. The van der Waals surface area contributed by atoms with Crippen molar-refractivity contribution in [2.24, 2.45) is 12.8 Å². The van der Waals surface area contributed by atoms with E-state index in [1.54, 1.807) is 29.1 Å². The summed E-state index contributed by atoms with van der Waals surface area (Å²) >= 11 is 0. The van der Waals surface area contributed by atoms with Crippen LogP contribution < -0.4 is 15.4 Å². The predicted molar refractivity (Wildman–Crippen MR) is 132 cm³/mol. The molecule has 0 atom stereocenters. The van der Waals surface area contributed by atoms with Gasteiger partial charge in [0.15, 0.2) is 17.3 Å². The number of methoxy groups -OCH3 is 1. The molecule has 9 heteroatoms. The number of aromatic hydroxyl groups is 1. The average Bonchev–Trinajstić information content (AvgIpc) is 3.25. The van der Waals surface area contributed by atoms with Crippen LogP contribution in [0.1, 0.15) is 18.4 Å². The van der Waals surface area contributed by atoms with Gasteiger partial charge < -0.3 is 20.5 Å². The second kappa shape index (κ2) is 8.89. The maximum absolute atomic E-state index is 14.7. The summed E-state index contributed by atoms with van der Waals surface area (Å²) in [6, 6.07) is 11.6. The third-order valence-electron chi connectivity index (χ3n) is 6.54. The van der Waals surface area contributed by atoms with Gasteiger partial charge in [-0.05, 0) is 42.7 Å². The monoisotopic (exact) mass is 472 g/mol. The molecule has 0 saturated carbocycles. The SMILES string of the molecule is COc1ccc(-c2c(-c3ccc(C#N)c(F)c3)nc(N3CCC(N)CC3)c3c2cnn3C)cc1O. The molecule has 0 radical (unpaired) electrons. The minimum atomic E-state index is -0.618. The number of halogens is 1. The third kappa shape index (κ3) is 3.92. The highest BCUT2D eigenvalue weighted by Crippen LogP contribution is 2.43. The molecule has 2 aromatic heterocycles.